The highest BCUT2D eigenvalue weighted by Gasteiger charge is 2.27. The minimum absolute atomic E-state index is 0.253. The number of aromatic nitrogens is 2. The van der Waals surface area contributed by atoms with E-state index in [4.69, 9.17) is 5.73 Å². The molecule has 1 aromatic carbocycles. The lowest BCUT2D eigenvalue weighted by molar-refractivity contribution is 0.412. The molecule has 19 heavy (non-hydrogen) atoms. The van der Waals surface area contributed by atoms with Gasteiger partial charge < -0.3 is 5.73 Å². The highest BCUT2D eigenvalue weighted by Crippen LogP contribution is 2.33. The first-order valence-corrected chi connectivity index (χ1v) is 7.31. The van der Waals surface area contributed by atoms with E-state index >= 15 is 0 Å². The molecular formula is C16H23N3. The van der Waals surface area contributed by atoms with E-state index in [1.165, 1.54) is 30.2 Å². The third-order valence-electron chi connectivity index (χ3n) is 4.60. The van der Waals surface area contributed by atoms with Gasteiger partial charge in [-0.05, 0) is 30.7 Å². The number of aryl methyl sites for hydroxylation is 1. The Hall–Kier alpha value is -1.35. The number of para-hydroxylation sites is 1. The van der Waals surface area contributed by atoms with Crippen LogP contribution in [0.15, 0.2) is 24.3 Å². The zero-order chi connectivity index (χ0) is 13.4. The van der Waals surface area contributed by atoms with E-state index in [-0.39, 0.29) is 6.04 Å². The van der Waals surface area contributed by atoms with Crippen molar-refractivity contribution in [1.29, 1.82) is 0 Å². The van der Waals surface area contributed by atoms with Crippen LogP contribution in [0, 0.1) is 11.8 Å². The fourth-order valence-corrected chi connectivity index (χ4v) is 3.47. The zero-order valence-corrected chi connectivity index (χ0v) is 11.8. The SMILES string of the molecule is CC1CCC(C(N)Cc2nn(C)c3ccccc23)C1. The van der Waals surface area contributed by atoms with Gasteiger partial charge in [-0.1, -0.05) is 31.5 Å². The second kappa shape index (κ2) is 4.97. The summed E-state index contributed by atoms with van der Waals surface area (Å²) in [6.45, 7) is 2.34. The van der Waals surface area contributed by atoms with Gasteiger partial charge >= 0.3 is 0 Å². The first-order chi connectivity index (χ1) is 9.15. The highest BCUT2D eigenvalue weighted by molar-refractivity contribution is 5.81. The Bertz CT molecular complexity index is 572. The zero-order valence-electron chi connectivity index (χ0n) is 11.8. The van der Waals surface area contributed by atoms with Crippen LogP contribution in [0.2, 0.25) is 0 Å². The molecular weight excluding hydrogens is 234 g/mol. The van der Waals surface area contributed by atoms with Crippen molar-refractivity contribution in [1.82, 2.24) is 9.78 Å². The fraction of sp³-hybridized carbons (Fsp3) is 0.562. The van der Waals surface area contributed by atoms with Gasteiger partial charge in [0.05, 0.1) is 11.2 Å². The van der Waals surface area contributed by atoms with Crippen LogP contribution >= 0.6 is 0 Å². The van der Waals surface area contributed by atoms with Crippen LogP contribution in [0.25, 0.3) is 10.9 Å². The molecule has 3 heteroatoms. The van der Waals surface area contributed by atoms with Crippen LogP contribution in [0.1, 0.15) is 31.9 Å². The van der Waals surface area contributed by atoms with E-state index in [0.29, 0.717) is 5.92 Å². The lowest BCUT2D eigenvalue weighted by Gasteiger charge is -2.18. The number of hydrogen-bond donors (Lipinski definition) is 1. The standard InChI is InChI=1S/C16H23N3/c1-11-7-8-12(9-11)14(17)10-15-13-5-3-4-6-16(13)19(2)18-15/h3-6,11-12,14H,7-10,17H2,1-2H3. The van der Waals surface area contributed by atoms with E-state index in [1.807, 2.05) is 11.7 Å². The molecule has 0 spiro atoms. The molecule has 1 aliphatic rings. The molecule has 3 unspecified atom stereocenters. The van der Waals surface area contributed by atoms with Crippen molar-refractivity contribution < 1.29 is 0 Å². The second-order valence-corrected chi connectivity index (χ2v) is 6.13. The minimum Gasteiger partial charge on any atom is -0.327 e. The second-order valence-electron chi connectivity index (χ2n) is 6.13. The molecule has 1 fully saturated rings. The molecule has 1 saturated carbocycles. The first kappa shape index (κ1) is 12.7. The van der Waals surface area contributed by atoms with Gasteiger partial charge in [-0.15, -0.1) is 0 Å². The van der Waals surface area contributed by atoms with Crippen molar-refractivity contribution >= 4 is 10.9 Å². The van der Waals surface area contributed by atoms with Crippen LogP contribution < -0.4 is 5.73 Å². The molecule has 0 bridgehead atoms. The molecule has 1 heterocycles. The Morgan fingerprint density at radius 2 is 2.16 bits per heavy atom. The predicted octanol–water partition coefficient (Wildman–Crippen LogP) is 2.88. The van der Waals surface area contributed by atoms with Gasteiger partial charge in [-0.2, -0.15) is 5.10 Å². The van der Waals surface area contributed by atoms with Gasteiger partial charge in [0.1, 0.15) is 0 Å². The predicted molar refractivity (Wildman–Crippen MR) is 78.9 cm³/mol. The molecule has 0 saturated heterocycles. The average Bonchev–Trinajstić information content (AvgIpc) is 2.96. The molecule has 1 aromatic heterocycles. The maximum absolute atomic E-state index is 6.42. The van der Waals surface area contributed by atoms with E-state index in [0.717, 1.165) is 18.0 Å². The highest BCUT2D eigenvalue weighted by atomic mass is 15.3. The van der Waals surface area contributed by atoms with Crippen molar-refractivity contribution in [3.63, 3.8) is 0 Å². The molecule has 0 radical (unpaired) electrons. The smallest absolute Gasteiger partial charge is 0.0718 e. The Kier molecular flexibility index (Phi) is 3.31. The number of hydrogen-bond acceptors (Lipinski definition) is 2. The molecule has 0 amide bonds. The van der Waals surface area contributed by atoms with Crippen LogP contribution in [0.3, 0.4) is 0 Å². The third-order valence-corrected chi connectivity index (χ3v) is 4.60. The summed E-state index contributed by atoms with van der Waals surface area (Å²) in [5.41, 5.74) is 8.78. The summed E-state index contributed by atoms with van der Waals surface area (Å²) >= 11 is 0. The van der Waals surface area contributed by atoms with Crippen LogP contribution in [-0.2, 0) is 13.5 Å². The third kappa shape index (κ3) is 2.39. The molecule has 102 valence electrons. The van der Waals surface area contributed by atoms with Gasteiger partial charge in [0.25, 0.3) is 0 Å². The molecule has 1 aliphatic carbocycles. The van der Waals surface area contributed by atoms with E-state index < -0.39 is 0 Å². The van der Waals surface area contributed by atoms with Gasteiger partial charge in [0.15, 0.2) is 0 Å². The average molecular weight is 257 g/mol. The normalized spacial score (nSPS) is 25.0. The summed E-state index contributed by atoms with van der Waals surface area (Å²) in [5, 5.41) is 5.91. The van der Waals surface area contributed by atoms with Gasteiger partial charge in [0, 0.05) is 24.9 Å². The van der Waals surface area contributed by atoms with Crippen LogP contribution in [-0.4, -0.2) is 15.8 Å². The van der Waals surface area contributed by atoms with Crippen LogP contribution in [0.4, 0.5) is 0 Å². The summed E-state index contributed by atoms with van der Waals surface area (Å²) in [5.74, 6) is 1.52. The van der Waals surface area contributed by atoms with Gasteiger partial charge in [0.2, 0.25) is 0 Å². The van der Waals surface area contributed by atoms with Crippen molar-refractivity contribution in [2.45, 2.75) is 38.6 Å². The maximum Gasteiger partial charge on any atom is 0.0718 e. The van der Waals surface area contributed by atoms with Crippen molar-refractivity contribution in [3.8, 4) is 0 Å². The molecule has 2 N–H and O–H groups in total. The lowest BCUT2D eigenvalue weighted by atomic mass is 9.93. The molecule has 3 atom stereocenters. The molecule has 3 nitrogen and oxygen atoms in total. The number of fused-ring (bicyclic) bond motifs is 1. The number of benzene rings is 1. The van der Waals surface area contributed by atoms with Gasteiger partial charge in [-0.25, -0.2) is 0 Å². The Morgan fingerprint density at radius 1 is 1.37 bits per heavy atom. The number of rotatable bonds is 3. The van der Waals surface area contributed by atoms with Crippen molar-refractivity contribution in [2.24, 2.45) is 24.6 Å². The summed E-state index contributed by atoms with van der Waals surface area (Å²) < 4.78 is 1.97. The quantitative estimate of drug-likeness (QED) is 0.919. The van der Waals surface area contributed by atoms with E-state index in [2.05, 4.69) is 36.3 Å². The summed E-state index contributed by atoms with van der Waals surface area (Å²) in [4.78, 5) is 0. The van der Waals surface area contributed by atoms with Gasteiger partial charge in [-0.3, -0.25) is 4.68 Å². The largest absolute Gasteiger partial charge is 0.327 e. The maximum atomic E-state index is 6.42. The number of nitrogens with zero attached hydrogens (tertiary/aromatic N) is 2. The Labute approximate surface area is 114 Å². The van der Waals surface area contributed by atoms with Crippen molar-refractivity contribution in [2.75, 3.05) is 0 Å². The molecule has 2 aromatic rings. The monoisotopic (exact) mass is 257 g/mol. The van der Waals surface area contributed by atoms with E-state index in [9.17, 15) is 0 Å². The summed E-state index contributed by atoms with van der Waals surface area (Å²) in [6.07, 6.45) is 4.80. The summed E-state index contributed by atoms with van der Waals surface area (Å²) in [6, 6.07) is 8.67. The minimum atomic E-state index is 0.253. The Morgan fingerprint density at radius 3 is 2.89 bits per heavy atom. The van der Waals surface area contributed by atoms with E-state index in [1.54, 1.807) is 0 Å². The summed E-state index contributed by atoms with van der Waals surface area (Å²) in [7, 11) is 2.01. The van der Waals surface area contributed by atoms with Crippen molar-refractivity contribution in [3.05, 3.63) is 30.0 Å². The first-order valence-electron chi connectivity index (χ1n) is 7.31. The molecule has 3 rings (SSSR count). The molecule has 0 aliphatic heterocycles. The number of nitrogens with two attached hydrogens (primary N) is 1. The topological polar surface area (TPSA) is 43.8 Å². The fourth-order valence-electron chi connectivity index (χ4n) is 3.47. The lowest BCUT2D eigenvalue weighted by Crippen LogP contribution is -2.31. The van der Waals surface area contributed by atoms with Crippen LogP contribution in [0.5, 0.6) is 0 Å². The Balaban J connectivity index is 1.81.